The molecule has 86 valence electrons. The lowest BCUT2D eigenvalue weighted by Crippen LogP contribution is -2.26. The summed E-state index contributed by atoms with van der Waals surface area (Å²) in [4.78, 5) is 9.58. The van der Waals surface area contributed by atoms with Gasteiger partial charge in [0.15, 0.2) is 0 Å². The predicted molar refractivity (Wildman–Crippen MR) is 71.2 cm³/mol. The summed E-state index contributed by atoms with van der Waals surface area (Å²) in [5.74, 6) is 4.35. The van der Waals surface area contributed by atoms with Crippen molar-refractivity contribution in [3.63, 3.8) is 0 Å². The molecule has 0 unspecified atom stereocenters. The van der Waals surface area contributed by atoms with Crippen LogP contribution in [0.1, 0.15) is 6.92 Å². The molecule has 0 fully saturated rings. The van der Waals surface area contributed by atoms with Crippen molar-refractivity contribution in [1.82, 2.24) is 5.43 Å². The van der Waals surface area contributed by atoms with E-state index in [4.69, 9.17) is 0 Å². The molecule has 1 rings (SSSR count). The van der Waals surface area contributed by atoms with E-state index in [1.54, 1.807) is 0 Å². The van der Waals surface area contributed by atoms with Crippen LogP contribution in [-0.2, 0) is 4.79 Å². The first-order chi connectivity index (χ1) is 6.45. The zero-order valence-electron chi connectivity index (χ0n) is 7.85. The van der Waals surface area contributed by atoms with Crippen LogP contribution in [0, 0.1) is 0 Å². The van der Waals surface area contributed by atoms with Crippen molar-refractivity contribution >= 4 is 53.7 Å². The monoisotopic (exact) mass is 404 g/mol. The molecule has 5 N–H and O–H groups in total. The number of carbonyl (C=O) groups excluding carboxylic acids is 1. The number of hydrogen-bond acceptors (Lipinski definition) is 2. The summed E-state index contributed by atoms with van der Waals surface area (Å²) in [6.07, 6.45) is 0. The molecule has 0 spiro atoms. The van der Waals surface area contributed by atoms with Crippen LogP contribution in [0.2, 0.25) is 0 Å². The molecule has 1 aromatic rings. The van der Waals surface area contributed by atoms with Crippen LogP contribution in [-0.4, -0.2) is 11.4 Å². The third kappa shape index (κ3) is 10.3. The van der Waals surface area contributed by atoms with E-state index in [2.05, 4.69) is 53.6 Å². The summed E-state index contributed by atoms with van der Waals surface area (Å²) < 4.78 is 3.22. The van der Waals surface area contributed by atoms with Crippen LogP contribution in [0.3, 0.4) is 0 Å². The Morgan fingerprint density at radius 2 is 1.33 bits per heavy atom. The number of benzene rings is 1. The summed E-state index contributed by atoms with van der Waals surface area (Å²) in [7, 11) is 0. The first-order valence-electron chi connectivity index (χ1n) is 3.54. The maximum Gasteiger partial charge on any atom is 0.230 e. The highest BCUT2D eigenvalue weighted by molar-refractivity contribution is 9.11. The molecule has 0 saturated heterocycles. The zero-order valence-corrected chi connectivity index (χ0v) is 12.6. The molecule has 0 aliphatic rings. The van der Waals surface area contributed by atoms with Gasteiger partial charge in [0.2, 0.25) is 5.91 Å². The largest absolute Gasteiger partial charge is 0.412 e. The minimum Gasteiger partial charge on any atom is -0.412 e. The van der Waals surface area contributed by atoms with Crippen LogP contribution >= 0.6 is 47.8 Å². The van der Waals surface area contributed by atoms with Gasteiger partial charge >= 0.3 is 0 Å². The van der Waals surface area contributed by atoms with Gasteiger partial charge in [0.25, 0.3) is 0 Å². The predicted octanol–water partition coefficient (Wildman–Crippen LogP) is 2.15. The topological polar surface area (TPSA) is 86.6 Å². The number of hydrazine groups is 1. The minimum absolute atomic E-state index is 0. The van der Waals surface area contributed by atoms with E-state index in [0.29, 0.717) is 0 Å². The zero-order chi connectivity index (χ0) is 11.1. The van der Waals surface area contributed by atoms with Crippen molar-refractivity contribution < 1.29 is 10.3 Å². The number of nitrogens with two attached hydrogens (primary N) is 1. The second kappa shape index (κ2) is 9.29. The van der Waals surface area contributed by atoms with Crippen molar-refractivity contribution in [2.45, 2.75) is 6.92 Å². The Morgan fingerprint density at radius 3 is 1.47 bits per heavy atom. The molecule has 0 bridgehead atoms. The summed E-state index contributed by atoms with van der Waals surface area (Å²) in [6, 6.07) is 5.97. The van der Waals surface area contributed by atoms with Crippen molar-refractivity contribution in [2.75, 3.05) is 0 Å². The molecular weight excluding hydrogens is 396 g/mol. The van der Waals surface area contributed by atoms with Crippen LogP contribution in [0.4, 0.5) is 0 Å². The summed E-state index contributed by atoms with van der Waals surface area (Å²) in [6.45, 7) is 1.35. The van der Waals surface area contributed by atoms with Crippen LogP contribution in [0.25, 0.3) is 0 Å². The normalized spacial score (nSPS) is 8.07. The van der Waals surface area contributed by atoms with Gasteiger partial charge in [-0.15, -0.1) is 0 Å². The van der Waals surface area contributed by atoms with Crippen molar-refractivity contribution in [2.24, 2.45) is 5.84 Å². The van der Waals surface area contributed by atoms with Crippen molar-refractivity contribution in [3.05, 3.63) is 31.6 Å². The number of halogens is 3. The molecule has 1 amide bonds. The molecule has 15 heavy (non-hydrogen) atoms. The van der Waals surface area contributed by atoms with Gasteiger partial charge in [-0.25, -0.2) is 5.84 Å². The average molecular weight is 407 g/mol. The molecule has 0 aromatic heterocycles. The Bertz CT molecular complexity index is 270. The molecule has 0 atom stereocenters. The molecule has 0 saturated carbocycles. The first kappa shape index (κ1) is 17.4. The minimum atomic E-state index is -0.218. The van der Waals surface area contributed by atoms with Crippen molar-refractivity contribution in [3.8, 4) is 0 Å². The Morgan fingerprint density at radius 1 is 1.13 bits per heavy atom. The number of carbonyl (C=O) groups is 1. The number of nitrogens with one attached hydrogen (secondary N) is 1. The quantitative estimate of drug-likeness (QED) is 0.393. The van der Waals surface area contributed by atoms with E-state index in [-0.39, 0.29) is 11.4 Å². The Labute approximate surface area is 113 Å². The van der Waals surface area contributed by atoms with Crippen LogP contribution in [0.15, 0.2) is 31.6 Å². The van der Waals surface area contributed by atoms with Crippen molar-refractivity contribution in [1.29, 1.82) is 0 Å². The smallest absolute Gasteiger partial charge is 0.230 e. The van der Waals surface area contributed by atoms with E-state index in [1.807, 2.05) is 23.6 Å². The van der Waals surface area contributed by atoms with Gasteiger partial charge in [-0.2, -0.15) is 0 Å². The lowest BCUT2D eigenvalue weighted by atomic mass is 10.4. The van der Waals surface area contributed by atoms with Gasteiger partial charge in [0.1, 0.15) is 0 Å². The number of hydrogen-bond donors (Lipinski definition) is 2. The van der Waals surface area contributed by atoms with Gasteiger partial charge in [0, 0.05) is 20.3 Å². The molecule has 1 aromatic carbocycles. The SMILES string of the molecule is Brc1cc(Br)cc(Br)c1.CC(=O)NN.O. The van der Waals surface area contributed by atoms with E-state index < -0.39 is 0 Å². The van der Waals surface area contributed by atoms with E-state index in [0.717, 1.165) is 13.4 Å². The molecule has 0 aliphatic carbocycles. The van der Waals surface area contributed by atoms with Gasteiger partial charge < -0.3 is 5.48 Å². The lowest BCUT2D eigenvalue weighted by molar-refractivity contribution is -0.119. The van der Waals surface area contributed by atoms with Crippen LogP contribution < -0.4 is 11.3 Å². The lowest BCUT2D eigenvalue weighted by Gasteiger charge is -1.92. The summed E-state index contributed by atoms with van der Waals surface area (Å²) in [5, 5.41) is 0. The fraction of sp³-hybridized carbons (Fsp3) is 0.125. The fourth-order valence-corrected chi connectivity index (χ4v) is 2.92. The van der Waals surface area contributed by atoms with E-state index >= 15 is 0 Å². The number of amides is 1. The van der Waals surface area contributed by atoms with Gasteiger partial charge in [-0.1, -0.05) is 47.8 Å². The van der Waals surface area contributed by atoms with Gasteiger partial charge in [-0.3, -0.25) is 10.2 Å². The fourth-order valence-electron chi connectivity index (χ4n) is 0.520. The van der Waals surface area contributed by atoms with Crippen LogP contribution in [0.5, 0.6) is 0 Å². The summed E-state index contributed by atoms with van der Waals surface area (Å²) >= 11 is 10.1. The molecule has 0 radical (unpaired) electrons. The highest BCUT2D eigenvalue weighted by Crippen LogP contribution is 2.23. The second-order valence-corrected chi connectivity index (χ2v) is 5.04. The Kier molecular flexibility index (Phi) is 10.8. The molecule has 0 aliphatic heterocycles. The first-order valence-corrected chi connectivity index (χ1v) is 5.92. The van der Waals surface area contributed by atoms with E-state index in [9.17, 15) is 4.79 Å². The third-order valence-corrected chi connectivity index (χ3v) is 2.40. The molecule has 0 heterocycles. The van der Waals surface area contributed by atoms with Gasteiger partial charge in [-0.05, 0) is 18.2 Å². The van der Waals surface area contributed by atoms with E-state index in [1.165, 1.54) is 6.92 Å². The molecule has 7 heteroatoms. The molecular formula is C8H11Br3N2O2. The highest BCUT2D eigenvalue weighted by atomic mass is 79.9. The average Bonchev–Trinajstić information content (AvgIpc) is 2.02. The Hall–Kier alpha value is 0.0500. The Balaban J connectivity index is 0. The highest BCUT2D eigenvalue weighted by Gasteiger charge is 1.91. The standard InChI is InChI=1S/C6H3Br3.C2H6N2O.H2O/c7-4-1-5(8)3-6(9)2-4;1-2(5)4-3;/h1-3H;3H2,1H3,(H,4,5);1H2. The maximum atomic E-state index is 9.58. The van der Waals surface area contributed by atoms with Gasteiger partial charge in [0.05, 0.1) is 0 Å². The number of rotatable bonds is 0. The third-order valence-electron chi connectivity index (χ3n) is 1.03. The molecule has 4 nitrogen and oxygen atoms in total. The maximum absolute atomic E-state index is 9.58. The summed E-state index contributed by atoms with van der Waals surface area (Å²) in [5.41, 5.74) is 1.89. The second-order valence-electron chi connectivity index (χ2n) is 2.29.